The monoisotopic (exact) mass is 335 g/mol. The maximum Gasteiger partial charge on any atom is 0.258 e. The first kappa shape index (κ1) is 15.9. The molecule has 1 spiro atoms. The summed E-state index contributed by atoms with van der Waals surface area (Å²) < 4.78 is 29.5. The van der Waals surface area contributed by atoms with Gasteiger partial charge in [-0.25, -0.2) is 8.78 Å². The van der Waals surface area contributed by atoms with Gasteiger partial charge in [0, 0.05) is 44.7 Å². The molecule has 1 aromatic heterocycles. The number of likely N-dealkylation sites (tertiary alicyclic amines) is 2. The van der Waals surface area contributed by atoms with E-state index in [4.69, 9.17) is 0 Å². The van der Waals surface area contributed by atoms with Gasteiger partial charge in [-0.2, -0.15) is 0 Å². The molecule has 130 valence electrons. The maximum absolute atomic E-state index is 14.8. The van der Waals surface area contributed by atoms with Crippen LogP contribution in [-0.4, -0.2) is 52.8 Å². The van der Waals surface area contributed by atoms with E-state index in [0.29, 0.717) is 26.1 Å². The Balaban J connectivity index is 1.48. The fourth-order valence-electron chi connectivity index (χ4n) is 4.12. The van der Waals surface area contributed by atoms with Crippen LogP contribution in [-0.2, 0) is 11.3 Å². The van der Waals surface area contributed by atoms with Crippen LogP contribution in [0, 0.1) is 11.3 Å². The number of halogens is 2. The van der Waals surface area contributed by atoms with Crippen LogP contribution in [0.3, 0.4) is 0 Å². The maximum atomic E-state index is 14.8. The van der Waals surface area contributed by atoms with Gasteiger partial charge in [0.1, 0.15) is 0 Å². The Labute approximate surface area is 140 Å². The van der Waals surface area contributed by atoms with Gasteiger partial charge in [0.15, 0.2) is 0 Å². The van der Waals surface area contributed by atoms with Crippen LogP contribution in [0.4, 0.5) is 8.78 Å². The third-order valence-corrected chi connectivity index (χ3v) is 5.75. The van der Waals surface area contributed by atoms with Crippen molar-refractivity contribution in [3.8, 4) is 0 Å². The van der Waals surface area contributed by atoms with Crippen molar-refractivity contribution in [2.75, 3.05) is 26.2 Å². The first-order chi connectivity index (χ1) is 11.5. The average Bonchev–Trinajstić information content (AvgIpc) is 3.34. The Kier molecular flexibility index (Phi) is 3.82. The molecule has 4 rings (SSSR count). The molecule has 3 fully saturated rings. The van der Waals surface area contributed by atoms with Crippen molar-refractivity contribution in [1.82, 2.24) is 14.8 Å². The Morgan fingerprint density at radius 2 is 2.04 bits per heavy atom. The molecule has 24 heavy (non-hydrogen) atoms. The number of nitrogens with zero attached hydrogens (tertiary/aromatic N) is 3. The molecule has 0 bridgehead atoms. The molecule has 2 aliphatic heterocycles. The predicted octanol–water partition coefficient (Wildman–Crippen LogP) is 2.55. The molecule has 1 atom stereocenters. The summed E-state index contributed by atoms with van der Waals surface area (Å²) in [5.41, 5.74) is -0.190. The largest absolute Gasteiger partial charge is 0.341 e. The predicted molar refractivity (Wildman–Crippen MR) is 85.4 cm³/mol. The van der Waals surface area contributed by atoms with Gasteiger partial charge in [-0.05, 0) is 37.9 Å². The van der Waals surface area contributed by atoms with Crippen LogP contribution >= 0.6 is 0 Å². The second kappa shape index (κ2) is 5.76. The second-order valence-electron chi connectivity index (χ2n) is 7.55. The summed E-state index contributed by atoms with van der Waals surface area (Å²) in [5, 5.41) is 0. The summed E-state index contributed by atoms with van der Waals surface area (Å²) in [6, 6.07) is 5.69. The Hall–Kier alpha value is -1.56. The van der Waals surface area contributed by atoms with Gasteiger partial charge in [0.05, 0.1) is 11.1 Å². The highest BCUT2D eigenvalue weighted by atomic mass is 19.3. The SMILES string of the molecule is O=C(C1CC1)N1CCC(F)(F)[C@]2(CCN(Cc3ccccn3)C2)C1. The normalized spacial score (nSPS) is 30.0. The number of piperidine rings is 1. The Morgan fingerprint density at radius 3 is 2.75 bits per heavy atom. The number of pyridine rings is 1. The third-order valence-electron chi connectivity index (χ3n) is 5.75. The first-order valence-corrected chi connectivity index (χ1v) is 8.78. The summed E-state index contributed by atoms with van der Waals surface area (Å²) in [4.78, 5) is 20.4. The zero-order chi connectivity index (χ0) is 16.8. The lowest BCUT2D eigenvalue weighted by atomic mass is 9.75. The summed E-state index contributed by atoms with van der Waals surface area (Å²) in [7, 11) is 0. The number of aromatic nitrogens is 1. The minimum absolute atomic E-state index is 0.0908. The van der Waals surface area contributed by atoms with E-state index in [1.165, 1.54) is 0 Å². The average molecular weight is 335 g/mol. The molecule has 3 aliphatic rings. The zero-order valence-corrected chi connectivity index (χ0v) is 13.8. The van der Waals surface area contributed by atoms with Crippen LogP contribution in [0.25, 0.3) is 0 Å². The third kappa shape index (κ3) is 2.81. The van der Waals surface area contributed by atoms with Crippen molar-refractivity contribution in [1.29, 1.82) is 0 Å². The summed E-state index contributed by atoms with van der Waals surface area (Å²) in [6.45, 7) is 1.97. The fraction of sp³-hybridized carbons (Fsp3) is 0.667. The van der Waals surface area contributed by atoms with Gasteiger partial charge in [-0.15, -0.1) is 0 Å². The second-order valence-corrected chi connectivity index (χ2v) is 7.55. The zero-order valence-electron chi connectivity index (χ0n) is 13.8. The molecule has 0 N–H and O–H groups in total. The molecule has 1 amide bonds. The highest BCUT2D eigenvalue weighted by Gasteiger charge is 2.60. The van der Waals surface area contributed by atoms with Crippen LogP contribution in [0.15, 0.2) is 24.4 Å². The Morgan fingerprint density at radius 1 is 1.21 bits per heavy atom. The number of amides is 1. The van der Waals surface area contributed by atoms with E-state index in [1.807, 2.05) is 18.2 Å². The molecule has 0 aromatic carbocycles. The number of alkyl halides is 2. The van der Waals surface area contributed by atoms with Crippen molar-refractivity contribution >= 4 is 5.91 Å². The topological polar surface area (TPSA) is 36.4 Å². The number of rotatable bonds is 3. The van der Waals surface area contributed by atoms with Gasteiger partial charge in [-0.1, -0.05) is 6.07 Å². The summed E-state index contributed by atoms with van der Waals surface area (Å²) in [6.07, 6.45) is 3.81. The van der Waals surface area contributed by atoms with Crippen LogP contribution in [0.5, 0.6) is 0 Å². The van der Waals surface area contributed by atoms with Gasteiger partial charge in [-0.3, -0.25) is 14.7 Å². The lowest BCUT2D eigenvalue weighted by molar-refractivity contribution is -0.172. The molecule has 0 unspecified atom stereocenters. The lowest BCUT2D eigenvalue weighted by Gasteiger charge is -2.46. The highest BCUT2D eigenvalue weighted by molar-refractivity contribution is 5.81. The molecule has 6 heteroatoms. The fourth-order valence-corrected chi connectivity index (χ4v) is 4.12. The standard InChI is InChI=1S/C18H23F2N3O/c19-18(20)7-10-23(16(24)14-4-5-14)13-17(18)6-9-22(12-17)11-15-3-1-2-8-21-15/h1-3,8,14H,4-7,9-13H2/t17-/m0/s1. The quantitative estimate of drug-likeness (QED) is 0.852. The van der Waals surface area contributed by atoms with Crippen molar-refractivity contribution in [3.63, 3.8) is 0 Å². The molecule has 4 nitrogen and oxygen atoms in total. The van der Waals surface area contributed by atoms with Gasteiger partial charge < -0.3 is 4.90 Å². The highest BCUT2D eigenvalue weighted by Crippen LogP contribution is 2.50. The first-order valence-electron chi connectivity index (χ1n) is 8.78. The number of hydrogen-bond acceptors (Lipinski definition) is 3. The summed E-state index contributed by atoms with van der Waals surface area (Å²) >= 11 is 0. The van der Waals surface area contributed by atoms with E-state index in [2.05, 4.69) is 9.88 Å². The van der Waals surface area contributed by atoms with Gasteiger partial charge in [0.2, 0.25) is 5.91 Å². The van der Waals surface area contributed by atoms with E-state index in [-0.39, 0.29) is 31.3 Å². The van der Waals surface area contributed by atoms with Crippen molar-refractivity contribution in [3.05, 3.63) is 30.1 Å². The van der Waals surface area contributed by atoms with Crippen molar-refractivity contribution < 1.29 is 13.6 Å². The van der Waals surface area contributed by atoms with E-state index in [0.717, 1.165) is 18.5 Å². The molecule has 1 aromatic rings. The van der Waals surface area contributed by atoms with Crippen molar-refractivity contribution in [2.24, 2.45) is 11.3 Å². The van der Waals surface area contributed by atoms with Crippen molar-refractivity contribution in [2.45, 2.75) is 38.2 Å². The number of carbonyl (C=O) groups is 1. The number of carbonyl (C=O) groups excluding carboxylic acids is 1. The molecular weight excluding hydrogens is 312 g/mol. The van der Waals surface area contributed by atoms with E-state index < -0.39 is 11.3 Å². The summed E-state index contributed by atoms with van der Waals surface area (Å²) in [5.74, 6) is -2.51. The smallest absolute Gasteiger partial charge is 0.258 e. The number of hydrogen-bond donors (Lipinski definition) is 0. The molecule has 0 radical (unpaired) electrons. The lowest BCUT2D eigenvalue weighted by Crippen LogP contribution is -2.58. The minimum Gasteiger partial charge on any atom is -0.341 e. The molecule has 1 aliphatic carbocycles. The van der Waals surface area contributed by atoms with Crippen LogP contribution in [0.2, 0.25) is 0 Å². The minimum atomic E-state index is -2.70. The van der Waals surface area contributed by atoms with Gasteiger partial charge in [0.25, 0.3) is 5.92 Å². The molecule has 2 saturated heterocycles. The molecule has 1 saturated carbocycles. The molecule has 3 heterocycles. The molecular formula is C18H23F2N3O. The van der Waals surface area contributed by atoms with E-state index in [9.17, 15) is 13.6 Å². The van der Waals surface area contributed by atoms with Crippen LogP contribution in [0.1, 0.15) is 31.4 Å². The van der Waals surface area contributed by atoms with E-state index in [1.54, 1.807) is 11.1 Å². The Bertz CT molecular complexity index is 620. The van der Waals surface area contributed by atoms with E-state index >= 15 is 0 Å². The van der Waals surface area contributed by atoms with Gasteiger partial charge >= 0.3 is 0 Å². The van der Waals surface area contributed by atoms with Crippen LogP contribution < -0.4 is 0 Å².